The Bertz CT molecular complexity index is 568. The minimum atomic E-state index is -0.555. The molecule has 0 saturated heterocycles. The number of nitrogens with zero attached hydrogens (tertiary/aromatic N) is 2. The fourth-order valence-corrected chi connectivity index (χ4v) is 3.59. The molecule has 2 aromatic rings. The van der Waals surface area contributed by atoms with Gasteiger partial charge < -0.3 is 15.2 Å². The van der Waals surface area contributed by atoms with Crippen molar-refractivity contribution in [3.05, 3.63) is 28.7 Å². The van der Waals surface area contributed by atoms with Gasteiger partial charge in [-0.15, -0.1) is 10.2 Å². The molecule has 0 bridgehead atoms. The molecule has 8 heteroatoms. The summed E-state index contributed by atoms with van der Waals surface area (Å²) in [5.74, 6) is 1.26. The number of hydrogen-bond donors (Lipinski definition) is 2. The number of anilines is 1. The summed E-state index contributed by atoms with van der Waals surface area (Å²) in [5, 5.41) is 21.9. The molecule has 0 fully saturated rings. The van der Waals surface area contributed by atoms with E-state index < -0.39 is 6.10 Å². The van der Waals surface area contributed by atoms with Crippen molar-refractivity contribution < 1.29 is 9.84 Å². The number of aliphatic hydroxyl groups excluding tert-OH is 1. The number of hydrogen-bond acceptors (Lipinski definition) is 7. The summed E-state index contributed by atoms with van der Waals surface area (Å²) in [6.07, 6.45) is -0.555. The van der Waals surface area contributed by atoms with E-state index in [0.29, 0.717) is 5.75 Å². The Labute approximate surface area is 140 Å². The van der Waals surface area contributed by atoms with Crippen molar-refractivity contribution in [1.29, 1.82) is 0 Å². The third-order valence-corrected chi connectivity index (χ3v) is 5.02. The number of thioether (sulfide) groups is 1. The molecular weight excluding hydrogens is 374 g/mol. The number of nitrogens with one attached hydrogen (secondary N) is 1. The van der Waals surface area contributed by atoms with Crippen molar-refractivity contribution in [2.24, 2.45) is 0 Å². The molecular formula is C13H16BrN3O2S2. The van der Waals surface area contributed by atoms with E-state index in [2.05, 4.69) is 31.4 Å². The second-order valence-electron chi connectivity index (χ2n) is 4.14. The lowest BCUT2D eigenvalue weighted by molar-refractivity contribution is 0.126. The van der Waals surface area contributed by atoms with Crippen molar-refractivity contribution in [3.8, 4) is 5.75 Å². The van der Waals surface area contributed by atoms with Crippen molar-refractivity contribution in [2.75, 3.05) is 24.2 Å². The summed E-state index contributed by atoms with van der Waals surface area (Å²) in [5.41, 5.74) is 0. The van der Waals surface area contributed by atoms with Crippen LogP contribution in [0.5, 0.6) is 5.75 Å². The molecule has 0 saturated carbocycles. The van der Waals surface area contributed by atoms with Crippen LogP contribution in [0, 0.1) is 0 Å². The molecule has 0 aliphatic carbocycles. The summed E-state index contributed by atoms with van der Waals surface area (Å²) in [6, 6.07) is 7.55. The second-order valence-corrected chi connectivity index (χ2v) is 7.30. The number of aromatic nitrogens is 2. The largest absolute Gasteiger partial charge is 0.491 e. The Balaban J connectivity index is 1.72. The Morgan fingerprint density at radius 2 is 2.33 bits per heavy atom. The van der Waals surface area contributed by atoms with Crippen LogP contribution < -0.4 is 10.1 Å². The van der Waals surface area contributed by atoms with Crippen molar-refractivity contribution in [3.63, 3.8) is 0 Å². The second kappa shape index (κ2) is 8.57. The molecule has 1 aromatic carbocycles. The van der Waals surface area contributed by atoms with Crippen LogP contribution in [0.25, 0.3) is 0 Å². The highest BCUT2D eigenvalue weighted by Gasteiger charge is 2.10. The highest BCUT2D eigenvalue weighted by molar-refractivity contribution is 9.10. The van der Waals surface area contributed by atoms with E-state index in [1.807, 2.05) is 31.2 Å². The van der Waals surface area contributed by atoms with E-state index in [-0.39, 0.29) is 6.61 Å². The lowest BCUT2D eigenvalue weighted by Crippen LogP contribution is -2.20. The van der Waals surface area contributed by atoms with Gasteiger partial charge in [-0.3, -0.25) is 0 Å². The molecule has 0 radical (unpaired) electrons. The van der Waals surface area contributed by atoms with Crippen molar-refractivity contribution in [2.45, 2.75) is 17.4 Å². The zero-order valence-electron chi connectivity index (χ0n) is 11.5. The molecule has 0 aliphatic heterocycles. The van der Waals surface area contributed by atoms with E-state index >= 15 is 0 Å². The third-order valence-electron chi connectivity index (χ3n) is 2.37. The lowest BCUT2D eigenvalue weighted by atomic mass is 10.3. The normalized spacial score (nSPS) is 12.1. The predicted molar refractivity (Wildman–Crippen MR) is 90.4 cm³/mol. The first-order valence-corrected chi connectivity index (χ1v) is 9.03. The molecule has 2 rings (SSSR count). The van der Waals surface area contributed by atoms with Crippen LogP contribution in [-0.2, 0) is 0 Å². The topological polar surface area (TPSA) is 67.3 Å². The van der Waals surface area contributed by atoms with Crippen molar-refractivity contribution >= 4 is 44.2 Å². The molecule has 2 N–H and O–H groups in total. The summed E-state index contributed by atoms with van der Waals surface area (Å²) in [7, 11) is 0. The number of benzene rings is 1. The number of ether oxygens (including phenoxy) is 1. The summed E-state index contributed by atoms with van der Waals surface area (Å²) >= 11 is 6.35. The molecule has 1 heterocycles. The highest BCUT2D eigenvalue weighted by Crippen LogP contribution is 2.26. The fourth-order valence-electron chi connectivity index (χ4n) is 1.46. The summed E-state index contributed by atoms with van der Waals surface area (Å²) in [4.78, 5) is 0. The van der Waals surface area contributed by atoms with Gasteiger partial charge in [-0.2, -0.15) is 0 Å². The standard InChI is InChI=1S/C13H16BrN3O2S2/c1-2-15-12-16-17-13(21-12)20-8-10(18)7-19-11-5-3-4-9(14)6-11/h3-6,10,18H,2,7-8H2,1H3,(H,15,16). The zero-order chi connectivity index (χ0) is 15.1. The molecule has 1 unspecified atom stereocenters. The average molecular weight is 390 g/mol. The van der Waals surface area contributed by atoms with E-state index in [1.54, 1.807) is 0 Å². The first kappa shape index (κ1) is 16.5. The molecule has 0 spiro atoms. The number of aliphatic hydroxyl groups is 1. The van der Waals surface area contributed by atoms with Crippen LogP contribution in [0.4, 0.5) is 5.13 Å². The minimum Gasteiger partial charge on any atom is -0.491 e. The Kier molecular flexibility index (Phi) is 6.75. The number of halogens is 1. The lowest BCUT2D eigenvalue weighted by Gasteiger charge is -2.11. The Hall–Kier alpha value is -0.830. The molecule has 1 aromatic heterocycles. The van der Waals surface area contributed by atoms with Crippen LogP contribution >= 0.6 is 39.0 Å². The van der Waals surface area contributed by atoms with E-state index in [1.165, 1.54) is 23.1 Å². The average Bonchev–Trinajstić information content (AvgIpc) is 2.91. The Morgan fingerprint density at radius 1 is 1.48 bits per heavy atom. The quantitative estimate of drug-likeness (QED) is 0.675. The van der Waals surface area contributed by atoms with Crippen LogP contribution in [0.15, 0.2) is 33.1 Å². The maximum absolute atomic E-state index is 9.93. The Morgan fingerprint density at radius 3 is 3.10 bits per heavy atom. The van der Waals surface area contributed by atoms with Gasteiger partial charge >= 0.3 is 0 Å². The predicted octanol–water partition coefficient (Wildman–Crippen LogP) is 3.26. The van der Waals surface area contributed by atoms with E-state index in [4.69, 9.17) is 4.74 Å². The van der Waals surface area contributed by atoms with Crippen LogP contribution in [0.3, 0.4) is 0 Å². The first-order chi connectivity index (χ1) is 10.2. The molecule has 5 nitrogen and oxygen atoms in total. The number of rotatable bonds is 8. The fraction of sp³-hybridized carbons (Fsp3) is 0.385. The minimum absolute atomic E-state index is 0.252. The van der Waals surface area contributed by atoms with E-state index in [0.717, 1.165) is 26.2 Å². The molecule has 21 heavy (non-hydrogen) atoms. The van der Waals surface area contributed by atoms with Gasteiger partial charge in [0.25, 0.3) is 0 Å². The maximum Gasteiger partial charge on any atom is 0.206 e. The molecule has 0 aliphatic rings. The monoisotopic (exact) mass is 389 g/mol. The summed E-state index contributed by atoms with van der Waals surface area (Å²) in [6.45, 7) is 3.09. The molecule has 0 amide bonds. The van der Waals surface area contributed by atoms with Gasteiger partial charge in [-0.1, -0.05) is 45.1 Å². The van der Waals surface area contributed by atoms with Crippen LogP contribution in [-0.4, -0.2) is 40.3 Å². The smallest absolute Gasteiger partial charge is 0.206 e. The van der Waals surface area contributed by atoms with Gasteiger partial charge in [0.15, 0.2) is 4.34 Å². The van der Waals surface area contributed by atoms with Gasteiger partial charge in [0.2, 0.25) is 5.13 Å². The first-order valence-electron chi connectivity index (χ1n) is 6.44. The van der Waals surface area contributed by atoms with Gasteiger partial charge in [0.1, 0.15) is 12.4 Å². The van der Waals surface area contributed by atoms with Gasteiger partial charge in [-0.25, -0.2) is 0 Å². The highest BCUT2D eigenvalue weighted by atomic mass is 79.9. The SMILES string of the molecule is CCNc1nnc(SCC(O)COc2cccc(Br)c2)s1. The van der Waals surface area contributed by atoms with Gasteiger partial charge in [0, 0.05) is 16.8 Å². The summed E-state index contributed by atoms with van der Waals surface area (Å²) < 4.78 is 7.34. The van der Waals surface area contributed by atoms with Crippen LogP contribution in [0.1, 0.15) is 6.92 Å². The molecule has 1 atom stereocenters. The zero-order valence-corrected chi connectivity index (χ0v) is 14.7. The van der Waals surface area contributed by atoms with Crippen molar-refractivity contribution in [1.82, 2.24) is 10.2 Å². The van der Waals surface area contributed by atoms with Gasteiger partial charge in [-0.05, 0) is 25.1 Å². The van der Waals surface area contributed by atoms with Gasteiger partial charge in [0.05, 0.1) is 6.10 Å². The van der Waals surface area contributed by atoms with Crippen LogP contribution in [0.2, 0.25) is 0 Å². The third kappa shape index (κ3) is 5.82. The van der Waals surface area contributed by atoms with E-state index in [9.17, 15) is 5.11 Å². The molecule has 114 valence electrons. The maximum atomic E-state index is 9.93.